The van der Waals surface area contributed by atoms with Crippen LogP contribution in [0.15, 0.2) is 18.2 Å². The number of nitrogens with one attached hydrogen (secondary N) is 1. The molecule has 0 aliphatic carbocycles. The summed E-state index contributed by atoms with van der Waals surface area (Å²) in [6.45, 7) is 6.17. The Balaban J connectivity index is 2.92. The van der Waals surface area contributed by atoms with Gasteiger partial charge >= 0.3 is 0 Å². The van der Waals surface area contributed by atoms with E-state index in [0.29, 0.717) is 6.61 Å². The van der Waals surface area contributed by atoms with Crippen molar-refractivity contribution in [2.45, 2.75) is 27.2 Å². The molecule has 1 aromatic rings. The molecule has 82 valence electrons. The molecule has 1 rings (SSSR count). The fraction of sp³-hybridized carbons (Fsp3) is 0.417. The largest absolute Gasteiger partial charge is 0.494 e. The fourth-order valence-electron chi connectivity index (χ4n) is 1.43. The van der Waals surface area contributed by atoms with Crippen molar-refractivity contribution in [2.75, 3.05) is 11.9 Å². The maximum absolute atomic E-state index is 10.9. The summed E-state index contributed by atoms with van der Waals surface area (Å²) in [5, 5.41) is 2.80. The molecule has 0 saturated heterocycles. The number of hydrogen-bond donors (Lipinski definition) is 1. The lowest BCUT2D eigenvalue weighted by atomic mass is 10.1. The van der Waals surface area contributed by atoms with Crippen LogP contribution >= 0.6 is 0 Å². The van der Waals surface area contributed by atoms with E-state index in [4.69, 9.17) is 4.74 Å². The van der Waals surface area contributed by atoms with Crippen LogP contribution in [-0.4, -0.2) is 12.5 Å². The smallest absolute Gasteiger partial charge is 0.221 e. The van der Waals surface area contributed by atoms with Crippen LogP contribution in [0.25, 0.3) is 0 Å². The third kappa shape index (κ3) is 3.27. The van der Waals surface area contributed by atoms with Crippen molar-refractivity contribution in [1.29, 1.82) is 0 Å². The molecule has 0 spiro atoms. The Labute approximate surface area is 90.4 Å². The SMILES string of the molecule is CCOc1ccc(NC(C)=O)c(CC)c1. The van der Waals surface area contributed by atoms with E-state index in [1.807, 2.05) is 25.1 Å². The highest BCUT2D eigenvalue weighted by Crippen LogP contribution is 2.22. The molecular weight excluding hydrogens is 190 g/mol. The van der Waals surface area contributed by atoms with Gasteiger partial charge < -0.3 is 10.1 Å². The molecule has 0 bridgehead atoms. The highest BCUT2D eigenvalue weighted by molar-refractivity contribution is 5.89. The van der Waals surface area contributed by atoms with Crippen LogP contribution in [0.2, 0.25) is 0 Å². The molecule has 3 heteroatoms. The van der Waals surface area contributed by atoms with Gasteiger partial charge in [-0.2, -0.15) is 0 Å². The molecule has 1 N–H and O–H groups in total. The van der Waals surface area contributed by atoms with Crippen molar-refractivity contribution in [2.24, 2.45) is 0 Å². The van der Waals surface area contributed by atoms with Gasteiger partial charge in [-0.05, 0) is 37.1 Å². The molecule has 0 heterocycles. The Morgan fingerprint density at radius 1 is 1.40 bits per heavy atom. The van der Waals surface area contributed by atoms with Crippen LogP contribution < -0.4 is 10.1 Å². The molecule has 1 aromatic carbocycles. The summed E-state index contributed by atoms with van der Waals surface area (Å²) in [6.07, 6.45) is 0.872. The molecule has 15 heavy (non-hydrogen) atoms. The van der Waals surface area contributed by atoms with Crippen molar-refractivity contribution in [3.05, 3.63) is 23.8 Å². The minimum absolute atomic E-state index is 0.0474. The van der Waals surface area contributed by atoms with E-state index in [1.54, 1.807) is 0 Å². The highest BCUT2D eigenvalue weighted by Gasteiger charge is 2.04. The van der Waals surface area contributed by atoms with E-state index >= 15 is 0 Å². The van der Waals surface area contributed by atoms with Crippen molar-refractivity contribution >= 4 is 11.6 Å². The topological polar surface area (TPSA) is 38.3 Å². The summed E-state index contributed by atoms with van der Waals surface area (Å²) < 4.78 is 5.40. The van der Waals surface area contributed by atoms with E-state index in [-0.39, 0.29) is 5.91 Å². The molecule has 0 fully saturated rings. The Bertz CT molecular complexity index is 347. The van der Waals surface area contributed by atoms with Crippen molar-refractivity contribution < 1.29 is 9.53 Å². The molecule has 1 amide bonds. The molecule has 0 aliphatic heterocycles. The molecule has 0 aromatic heterocycles. The van der Waals surface area contributed by atoms with Crippen LogP contribution in [0, 0.1) is 0 Å². The summed E-state index contributed by atoms with van der Waals surface area (Å²) in [5.41, 5.74) is 1.96. The zero-order chi connectivity index (χ0) is 11.3. The number of ether oxygens (including phenoxy) is 1. The second-order valence-corrected chi connectivity index (χ2v) is 3.29. The number of aryl methyl sites for hydroxylation is 1. The second-order valence-electron chi connectivity index (χ2n) is 3.29. The predicted octanol–water partition coefficient (Wildman–Crippen LogP) is 2.61. The first kappa shape index (κ1) is 11.6. The van der Waals surface area contributed by atoms with Gasteiger partial charge in [-0.3, -0.25) is 4.79 Å². The van der Waals surface area contributed by atoms with Gasteiger partial charge in [0.15, 0.2) is 0 Å². The molecular formula is C12H17NO2. The summed E-state index contributed by atoms with van der Waals surface area (Å²) in [4.78, 5) is 10.9. The van der Waals surface area contributed by atoms with Gasteiger partial charge in [-0.15, -0.1) is 0 Å². The standard InChI is InChI=1S/C12H17NO2/c1-4-10-8-11(15-5-2)6-7-12(10)13-9(3)14/h6-8H,4-5H2,1-3H3,(H,13,14). The van der Waals surface area contributed by atoms with E-state index in [1.165, 1.54) is 6.92 Å². The number of carbonyl (C=O) groups excluding carboxylic acids is 1. The van der Waals surface area contributed by atoms with Gasteiger partial charge in [0.2, 0.25) is 5.91 Å². The number of hydrogen-bond acceptors (Lipinski definition) is 2. The van der Waals surface area contributed by atoms with Gasteiger partial charge in [0.25, 0.3) is 0 Å². The molecule has 0 radical (unpaired) electrons. The lowest BCUT2D eigenvalue weighted by molar-refractivity contribution is -0.114. The molecule has 0 saturated carbocycles. The summed E-state index contributed by atoms with van der Waals surface area (Å²) in [5.74, 6) is 0.803. The first-order valence-electron chi connectivity index (χ1n) is 5.20. The van der Waals surface area contributed by atoms with E-state index in [0.717, 1.165) is 23.4 Å². The van der Waals surface area contributed by atoms with Crippen molar-refractivity contribution in [3.63, 3.8) is 0 Å². The number of rotatable bonds is 4. The Hall–Kier alpha value is -1.51. The Kier molecular flexibility index (Phi) is 4.16. The molecule has 3 nitrogen and oxygen atoms in total. The summed E-state index contributed by atoms with van der Waals surface area (Å²) in [6, 6.07) is 5.72. The highest BCUT2D eigenvalue weighted by atomic mass is 16.5. The average molecular weight is 207 g/mol. The minimum Gasteiger partial charge on any atom is -0.494 e. The quantitative estimate of drug-likeness (QED) is 0.824. The minimum atomic E-state index is -0.0474. The van der Waals surface area contributed by atoms with Gasteiger partial charge in [-0.1, -0.05) is 6.92 Å². The third-order valence-corrected chi connectivity index (χ3v) is 2.08. The number of carbonyl (C=O) groups is 1. The zero-order valence-corrected chi connectivity index (χ0v) is 9.46. The van der Waals surface area contributed by atoms with Crippen LogP contribution in [0.3, 0.4) is 0 Å². The summed E-state index contributed by atoms with van der Waals surface area (Å²) >= 11 is 0. The predicted molar refractivity (Wildman–Crippen MR) is 61.3 cm³/mol. The molecule has 0 aliphatic rings. The van der Waals surface area contributed by atoms with E-state index in [9.17, 15) is 4.79 Å². The Morgan fingerprint density at radius 3 is 2.67 bits per heavy atom. The first-order valence-corrected chi connectivity index (χ1v) is 5.20. The first-order chi connectivity index (χ1) is 7.17. The monoisotopic (exact) mass is 207 g/mol. The maximum atomic E-state index is 10.9. The van der Waals surface area contributed by atoms with Crippen LogP contribution in [0.5, 0.6) is 5.75 Å². The van der Waals surface area contributed by atoms with Crippen LogP contribution in [0.1, 0.15) is 26.3 Å². The second kappa shape index (κ2) is 5.39. The third-order valence-electron chi connectivity index (χ3n) is 2.08. The number of amides is 1. The van der Waals surface area contributed by atoms with E-state index < -0.39 is 0 Å². The normalized spacial score (nSPS) is 9.80. The number of anilines is 1. The molecule has 0 unspecified atom stereocenters. The summed E-state index contributed by atoms with van der Waals surface area (Å²) in [7, 11) is 0. The van der Waals surface area contributed by atoms with Gasteiger partial charge in [0, 0.05) is 12.6 Å². The van der Waals surface area contributed by atoms with Gasteiger partial charge in [-0.25, -0.2) is 0 Å². The van der Waals surface area contributed by atoms with Crippen LogP contribution in [0.4, 0.5) is 5.69 Å². The van der Waals surface area contributed by atoms with Crippen molar-refractivity contribution in [3.8, 4) is 5.75 Å². The van der Waals surface area contributed by atoms with Gasteiger partial charge in [0.1, 0.15) is 5.75 Å². The molecule has 0 atom stereocenters. The van der Waals surface area contributed by atoms with Crippen LogP contribution in [-0.2, 0) is 11.2 Å². The Morgan fingerprint density at radius 2 is 2.13 bits per heavy atom. The average Bonchev–Trinajstić information content (AvgIpc) is 2.20. The number of benzene rings is 1. The zero-order valence-electron chi connectivity index (χ0n) is 9.46. The van der Waals surface area contributed by atoms with Gasteiger partial charge in [0.05, 0.1) is 6.61 Å². The lowest BCUT2D eigenvalue weighted by Gasteiger charge is -2.10. The van der Waals surface area contributed by atoms with E-state index in [2.05, 4.69) is 12.2 Å². The lowest BCUT2D eigenvalue weighted by Crippen LogP contribution is -2.08. The fourth-order valence-corrected chi connectivity index (χ4v) is 1.43. The maximum Gasteiger partial charge on any atom is 0.221 e. The van der Waals surface area contributed by atoms with Crippen molar-refractivity contribution in [1.82, 2.24) is 0 Å².